The molecule has 0 aliphatic heterocycles. The lowest BCUT2D eigenvalue weighted by Crippen LogP contribution is -2.07. The molecule has 0 saturated heterocycles. The number of anilines is 1. The van der Waals surface area contributed by atoms with Crippen molar-refractivity contribution in [2.24, 2.45) is 0 Å². The highest BCUT2D eigenvalue weighted by molar-refractivity contribution is 5.96. The number of pyridine rings is 1. The van der Waals surface area contributed by atoms with Gasteiger partial charge in [-0.1, -0.05) is 6.07 Å². The van der Waals surface area contributed by atoms with E-state index in [1.54, 1.807) is 6.92 Å². The number of aliphatic hydroxyl groups is 2. The fraction of sp³-hybridized carbons (Fsp3) is 0.222. The van der Waals surface area contributed by atoms with E-state index >= 15 is 0 Å². The highest BCUT2D eigenvalue weighted by Crippen LogP contribution is 2.31. The number of hydrogen-bond donors (Lipinski definition) is 5. The molecule has 0 fully saturated rings. The highest BCUT2D eigenvalue weighted by Gasteiger charge is 2.12. The topological polar surface area (TPSA) is 110 Å². The summed E-state index contributed by atoms with van der Waals surface area (Å²) in [4.78, 5) is 15.2. The molecule has 0 aliphatic rings. The van der Waals surface area contributed by atoms with E-state index in [0.29, 0.717) is 18.2 Å². The lowest BCUT2D eigenvalue weighted by Gasteiger charge is -2.09. The van der Waals surface area contributed by atoms with Crippen molar-refractivity contribution in [1.29, 1.82) is 0 Å². The zero-order valence-corrected chi connectivity index (χ0v) is 13.7. The van der Waals surface area contributed by atoms with Crippen LogP contribution in [-0.2, 0) is 0 Å². The Kier molecular flexibility index (Phi) is 3.87. The second kappa shape index (κ2) is 6.19. The van der Waals surface area contributed by atoms with Gasteiger partial charge in [0.25, 0.3) is 0 Å². The van der Waals surface area contributed by atoms with Crippen LogP contribution in [0, 0.1) is 0 Å². The number of nitrogens with one attached hydrogen (secondary N) is 3. The second-order valence-electron chi connectivity index (χ2n) is 5.98. The van der Waals surface area contributed by atoms with Gasteiger partial charge in [0.15, 0.2) is 0 Å². The van der Waals surface area contributed by atoms with Crippen LogP contribution in [0.3, 0.4) is 0 Å². The van der Waals surface area contributed by atoms with E-state index in [4.69, 9.17) is 5.11 Å². The number of aliphatic hydroxyl groups excluding tert-OH is 2. The monoisotopic (exact) mass is 337 g/mol. The number of imidazole rings is 1. The standard InChI is InChI=1S/C18H19N5O2/c1-10(25)17-21-14-3-2-11(8-15(14)22-17)13-9-16(19-6-7-24)23-18-12(13)4-5-20-18/h2-5,8-10,24-25H,6-7H2,1H3,(H,21,22)(H2,19,20,23). The summed E-state index contributed by atoms with van der Waals surface area (Å²) < 4.78 is 0. The van der Waals surface area contributed by atoms with Crippen LogP contribution < -0.4 is 5.32 Å². The van der Waals surface area contributed by atoms with Gasteiger partial charge in [0.1, 0.15) is 23.4 Å². The molecule has 1 unspecified atom stereocenters. The number of nitrogens with zero attached hydrogens (tertiary/aromatic N) is 2. The normalized spacial score (nSPS) is 12.8. The predicted molar refractivity (Wildman–Crippen MR) is 97.4 cm³/mol. The molecule has 0 saturated carbocycles. The highest BCUT2D eigenvalue weighted by atomic mass is 16.3. The van der Waals surface area contributed by atoms with Crippen molar-refractivity contribution in [3.63, 3.8) is 0 Å². The molecule has 4 aromatic rings. The van der Waals surface area contributed by atoms with E-state index in [1.807, 2.05) is 36.5 Å². The van der Waals surface area contributed by atoms with Gasteiger partial charge in [0, 0.05) is 18.1 Å². The van der Waals surface area contributed by atoms with Gasteiger partial charge in [-0.25, -0.2) is 9.97 Å². The Morgan fingerprint density at radius 1 is 1.20 bits per heavy atom. The molecule has 7 nitrogen and oxygen atoms in total. The van der Waals surface area contributed by atoms with Crippen LogP contribution in [0.15, 0.2) is 36.5 Å². The molecule has 5 N–H and O–H groups in total. The lowest BCUT2D eigenvalue weighted by atomic mass is 10.0. The Hall–Kier alpha value is -2.90. The van der Waals surface area contributed by atoms with Gasteiger partial charge < -0.3 is 25.5 Å². The number of aromatic amines is 2. The fourth-order valence-corrected chi connectivity index (χ4v) is 2.95. The van der Waals surface area contributed by atoms with Crippen LogP contribution in [0.1, 0.15) is 18.9 Å². The first-order chi connectivity index (χ1) is 12.2. The largest absolute Gasteiger partial charge is 0.395 e. The number of benzene rings is 1. The molecular formula is C18H19N5O2. The van der Waals surface area contributed by atoms with Crippen LogP contribution in [0.25, 0.3) is 33.2 Å². The third kappa shape index (κ3) is 2.84. The van der Waals surface area contributed by atoms with E-state index in [-0.39, 0.29) is 6.61 Å². The van der Waals surface area contributed by atoms with Gasteiger partial charge >= 0.3 is 0 Å². The quantitative estimate of drug-likeness (QED) is 0.384. The molecule has 0 amide bonds. The van der Waals surface area contributed by atoms with Gasteiger partial charge in [-0.15, -0.1) is 0 Å². The van der Waals surface area contributed by atoms with E-state index < -0.39 is 6.10 Å². The van der Waals surface area contributed by atoms with Crippen molar-refractivity contribution in [1.82, 2.24) is 19.9 Å². The summed E-state index contributed by atoms with van der Waals surface area (Å²) in [6.45, 7) is 2.17. The summed E-state index contributed by atoms with van der Waals surface area (Å²) in [7, 11) is 0. The summed E-state index contributed by atoms with van der Waals surface area (Å²) in [5, 5.41) is 22.9. The van der Waals surface area contributed by atoms with E-state index in [2.05, 4.69) is 25.3 Å². The van der Waals surface area contributed by atoms with Crippen molar-refractivity contribution in [2.75, 3.05) is 18.5 Å². The number of aromatic nitrogens is 4. The molecule has 1 aromatic carbocycles. The van der Waals surface area contributed by atoms with E-state index in [1.165, 1.54) is 0 Å². The smallest absolute Gasteiger partial charge is 0.140 e. The van der Waals surface area contributed by atoms with Gasteiger partial charge in [-0.05, 0) is 42.3 Å². The molecule has 128 valence electrons. The van der Waals surface area contributed by atoms with Crippen LogP contribution >= 0.6 is 0 Å². The van der Waals surface area contributed by atoms with Gasteiger partial charge in [-0.2, -0.15) is 0 Å². The number of fused-ring (bicyclic) bond motifs is 2. The third-order valence-electron chi connectivity index (χ3n) is 4.15. The fourth-order valence-electron chi connectivity index (χ4n) is 2.95. The molecule has 3 heterocycles. The SMILES string of the molecule is CC(O)c1nc2ccc(-c3cc(NCCO)nc4[nH]ccc34)cc2[nH]1. The molecule has 0 bridgehead atoms. The van der Waals surface area contributed by atoms with E-state index in [0.717, 1.165) is 33.2 Å². The van der Waals surface area contributed by atoms with E-state index in [9.17, 15) is 5.11 Å². The minimum Gasteiger partial charge on any atom is -0.395 e. The van der Waals surface area contributed by atoms with Crippen molar-refractivity contribution in [3.8, 4) is 11.1 Å². The Labute approximate surface area is 143 Å². The van der Waals surface area contributed by atoms with Crippen LogP contribution in [0.4, 0.5) is 5.82 Å². The summed E-state index contributed by atoms with van der Waals surface area (Å²) in [6, 6.07) is 9.93. The summed E-state index contributed by atoms with van der Waals surface area (Å²) in [5.74, 6) is 1.26. The molecule has 3 aromatic heterocycles. The molecule has 0 aliphatic carbocycles. The minimum absolute atomic E-state index is 0.0437. The van der Waals surface area contributed by atoms with Crippen molar-refractivity contribution in [2.45, 2.75) is 13.0 Å². The average molecular weight is 337 g/mol. The van der Waals surface area contributed by atoms with Gasteiger partial charge in [-0.3, -0.25) is 0 Å². The molecule has 25 heavy (non-hydrogen) atoms. The molecule has 0 spiro atoms. The summed E-state index contributed by atoms with van der Waals surface area (Å²) >= 11 is 0. The first-order valence-corrected chi connectivity index (χ1v) is 8.16. The number of rotatable bonds is 5. The minimum atomic E-state index is -0.637. The van der Waals surface area contributed by atoms with Crippen LogP contribution in [0.2, 0.25) is 0 Å². The first-order valence-electron chi connectivity index (χ1n) is 8.16. The van der Waals surface area contributed by atoms with Crippen LogP contribution in [-0.4, -0.2) is 43.3 Å². The second-order valence-corrected chi connectivity index (χ2v) is 5.98. The van der Waals surface area contributed by atoms with Crippen LogP contribution in [0.5, 0.6) is 0 Å². The molecule has 4 rings (SSSR count). The molecular weight excluding hydrogens is 318 g/mol. The zero-order valence-electron chi connectivity index (χ0n) is 13.7. The Bertz CT molecular complexity index is 1030. The molecule has 0 radical (unpaired) electrons. The Morgan fingerprint density at radius 2 is 2.08 bits per heavy atom. The van der Waals surface area contributed by atoms with Gasteiger partial charge in [0.2, 0.25) is 0 Å². The third-order valence-corrected chi connectivity index (χ3v) is 4.15. The average Bonchev–Trinajstić information content (AvgIpc) is 3.24. The molecule has 1 atom stereocenters. The maximum Gasteiger partial charge on any atom is 0.140 e. The predicted octanol–water partition coefficient (Wildman–Crippen LogP) is 2.56. The zero-order chi connectivity index (χ0) is 17.4. The Balaban J connectivity index is 1.84. The maximum absolute atomic E-state index is 9.71. The van der Waals surface area contributed by atoms with Crippen molar-refractivity contribution < 1.29 is 10.2 Å². The van der Waals surface area contributed by atoms with Crippen molar-refractivity contribution >= 4 is 27.9 Å². The number of H-pyrrole nitrogens is 2. The maximum atomic E-state index is 9.71. The first kappa shape index (κ1) is 15.6. The number of hydrogen-bond acceptors (Lipinski definition) is 5. The summed E-state index contributed by atoms with van der Waals surface area (Å²) in [5.41, 5.74) is 4.53. The van der Waals surface area contributed by atoms with Gasteiger partial charge in [0.05, 0.1) is 17.6 Å². The molecule has 7 heteroatoms. The lowest BCUT2D eigenvalue weighted by molar-refractivity contribution is 0.190. The Morgan fingerprint density at radius 3 is 2.88 bits per heavy atom. The van der Waals surface area contributed by atoms with Crippen molar-refractivity contribution in [3.05, 3.63) is 42.4 Å². The summed E-state index contributed by atoms with van der Waals surface area (Å²) in [6.07, 6.45) is 1.22.